The Kier molecular flexibility index (Phi) is 5.44. The number of aromatic nitrogens is 2. The summed E-state index contributed by atoms with van der Waals surface area (Å²) >= 11 is 0. The summed E-state index contributed by atoms with van der Waals surface area (Å²) in [6.07, 6.45) is 3.58. The second-order valence-electron chi connectivity index (χ2n) is 6.76. The van der Waals surface area contributed by atoms with Crippen molar-refractivity contribution in [3.8, 4) is 0 Å². The largest absolute Gasteiger partial charge is 0.451 e. The highest BCUT2D eigenvalue weighted by Gasteiger charge is 2.26. The molecule has 6 nitrogen and oxygen atoms in total. The molecule has 0 aliphatic rings. The topological polar surface area (TPSA) is 69.3 Å². The Hall–Kier alpha value is -3.38. The summed E-state index contributed by atoms with van der Waals surface area (Å²) in [6, 6.07) is 17.0. The summed E-state index contributed by atoms with van der Waals surface area (Å²) in [6.45, 7) is 2.80. The van der Waals surface area contributed by atoms with Gasteiger partial charge in [-0.25, -0.2) is 4.98 Å². The van der Waals surface area contributed by atoms with Gasteiger partial charge in [-0.1, -0.05) is 48.5 Å². The van der Waals surface area contributed by atoms with Crippen LogP contribution in [0.2, 0.25) is 0 Å². The van der Waals surface area contributed by atoms with Crippen LogP contribution in [0.25, 0.3) is 11.0 Å². The van der Waals surface area contributed by atoms with Gasteiger partial charge in [-0.2, -0.15) is 0 Å². The molecule has 0 fully saturated rings. The summed E-state index contributed by atoms with van der Waals surface area (Å²) in [7, 11) is 1.91. The number of imidazole rings is 1. The van der Waals surface area contributed by atoms with E-state index in [0.29, 0.717) is 18.8 Å². The Morgan fingerprint density at radius 3 is 2.66 bits per heavy atom. The number of benzene rings is 2. The van der Waals surface area contributed by atoms with Gasteiger partial charge in [0.1, 0.15) is 17.4 Å². The first-order chi connectivity index (χ1) is 14.2. The number of amides is 1. The van der Waals surface area contributed by atoms with E-state index in [-0.39, 0.29) is 11.7 Å². The lowest BCUT2D eigenvalue weighted by Gasteiger charge is -2.19. The van der Waals surface area contributed by atoms with Crippen LogP contribution in [0.3, 0.4) is 0 Å². The lowest BCUT2D eigenvalue weighted by Crippen LogP contribution is -2.31. The Morgan fingerprint density at radius 2 is 1.93 bits per heavy atom. The van der Waals surface area contributed by atoms with E-state index in [1.165, 1.54) is 0 Å². The monoisotopic (exact) mass is 389 g/mol. The molecule has 1 amide bonds. The van der Waals surface area contributed by atoms with E-state index >= 15 is 0 Å². The first-order valence-electron chi connectivity index (χ1n) is 9.60. The van der Waals surface area contributed by atoms with E-state index in [2.05, 4.69) is 10.3 Å². The molecule has 4 rings (SSSR count). The van der Waals surface area contributed by atoms with Crippen LogP contribution in [0, 0.1) is 0 Å². The fourth-order valence-corrected chi connectivity index (χ4v) is 3.42. The summed E-state index contributed by atoms with van der Waals surface area (Å²) < 4.78 is 13.4. The summed E-state index contributed by atoms with van der Waals surface area (Å²) in [4.78, 5) is 17.7. The van der Waals surface area contributed by atoms with Gasteiger partial charge < -0.3 is 19.0 Å². The van der Waals surface area contributed by atoms with Crippen LogP contribution < -0.4 is 5.32 Å². The molecule has 148 valence electrons. The minimum Gasteiger partial charge on any atom is -0.451 e. The van der Waals surface area contributed by atoms with Gasteiger partial charge >= 0.3 is 0 Å². The van der Waals surface area contributed by atoms with Gasteiger partial charge in [0, 0.05) is 37.0 Å². The smallest absolute Gasteiger partial charge is 0.288 e. The number of hydrogen-bond donors (Lipinski definition) is 1. The van der Waals surface area contributed by atoms with Crippen molar-refractivity contribution in [3.63, 3.8) is 0 Å². The second-order valence-corrected chi connectivity index (χ2v) is 6.76. The van der Waals surface area contributed by atoms with Crippen LogP contribution in [-0.2, 0) is 18.4 Å². The van der Waals surface area contributed by atoms with Crippen LogP contribution in [0.1, 0.15) is 40.5 Å². The maximum Gasteiger partial charge on any atom is 0.288 e. The molecule has 2 heterocycles. The number of nitrogens with one attached hydrogen (secondary N) is 1. The molecular weight excluding hydrogens is 366 g/mol. The molecule has 2 aromatic carbocycles. The quantitative estimate of drug-likeness (QED) is 0.514. The first-order valence-corrected chi connectivity index (χ1v) is 9.60. The van der Waals surface area contributed by atoms with Crippen LogP contribution >= 0.6 is 0 Å². The maximum atomic E-state index is 13.3. The molecule has 0 spiro atoms. The van der Waals surface area contributed by atoms with Gasteiger partial charge in [0.05, 0.1) is 6.61 Å². The van der Waals surface area contributed by atoms with Crippen LogP contribution in [0.15, 0.2) is 71.4 Å². The van der Waals surface area contributed by atoms with Crippen molar-refractivity contribution < 1.29 is 13.9 Å². The first kappa shape index (κ1) is 19.0. The number of fused-ring (bicyclic) bond motifs is 1. The zero-order chi connectivity index (χ0) is 20.2. The van der Waals surface area contributed by atoms with Gasteiger partial charge in [0.25, 0.3) is 5.91 Å². The molecule has 1 N–H and O–H groups in total. The highest BCUT2D eigenvalue weighted by Crippen LogP contribution is 2.28. The lowest BCUT2D eigenvalue weighted by atomic mass is 10.1. The predicted molar refractivity (Wildman–Crippen MR) is 111 cm³/mol. The molecule has 1 atom stereocenters. The highest BCUT2D eigenvalue weighted by atomic mass is 16.5. The number of carbonyl (C=O) groups excluding carboxylic acids is 1. The van der Waals surface area contributed by atoms with E-state index in [4.69, 9.17) is 9.15 Å². The van der Waals surface area contributed by atoms with Crippen LogP contribution in [0.4, 0.5) is 0 Å². The molecule has 4 aromatic rings. The molecule has 0 saturated heterocycles. The van der Waals surface area contributed by atoms with Crippen molar-refractivity contribution in [2.45, 2.75) is 19.6 Å². The van der Waals surface area contributed by atoms with Crippen molar-refractivity contribution in [2.75, 3.05) is 6.61 Å². The zero-order valence-corrected chi connectivity index (χ0v) is 16.5. The van der Waals surface area contributed by atoms with E-state index in [9.17, 15) is 4.79 Å². The summed E-state index contributed by atoms with van der Waals surface area (Å²) in [5.41, 5.74) is 2.37. The van der Waals surface area contributed by atoms with Crippen LogP contribution in [-0.4, -0.2) is 22.1 Å². The third-order valence-corrected chi connectivity index (χ3v) is 4.88. The fourth-order valence-electron chi connectivity index (χ4n) is 3.42. The van der Waals surface area contributed by atoms with Gasteiger partial charge in [0.15, 0.2) is 5.76 Å². The predicted octanol–water partition coefficient (Wildman–Crippen LogP) is 4.22. The zero-order valence-electron chi connectivity index (χ0n) is 16.5. The van der Waals surface area contributed by atoms with Gasteiger partial charge in [0.2, 0.25) is 0 Å². The fraction of sp³-hybridized carbons (Fsp3) is 0.217. The van der Waals surface area contributed by atoms with Crippen LogP contribution in [0.5, 0.6) is 0 Å². The molecule has 6 heteroatoms. The highest BCUT2D eigenvalue weighted by molar-refractivity contribution is 5.99. The molecular formula is C23H23N3O3. The van der Waals surface area contributed by atoms with Gasteiger partial charge in [-0.15, -0.1) is 0 Å². The molecule has 0 aliphatic heterocycles. The Bertz CT molecular complexity index is 1110. The summed E-state index contributed by atoms with van der Waals surface area (Å²) in [5, 5.41) is 3.99. The molecule has 0 unspecified atom stereocenters. The minimum absolute atomic E-state index is 0.273. The third-order valence-electron chi connectivity index (χ3n) is 4.88. The van der Waals surface area contributed by atoms with Crippen molar-refractivity contribution in [2.24, 2.45) is 7.05 Å². The Labute approximate surface area is 169 Å². The van der Waals surface area contributed by atoms with E-state index in [1.54, 1.807) is 6.20 Å². The minimum atomic E-state index is -0.406. The normalized spacial score (nSPS) is 12.2. The Morgan fingerprint density at radius 1 is 1.17 bits per heavy atom. The maximum absolute atomic E-state index is 13.3. The van der Waals surface area contributed by atoms with Crippen molar-refractivity contribution in [1.82, 2.24) is 14.9 Å². The molecule has 0 aliphatic carbocycles. The van der Waals surface area contributed by atoms with E-state index in [0.717, 1.165) is 22.3 Å². The third kappa shape index (κ3) is 3.79. The van der Waals surface area contributed by atoms with Crippen molar-refractivity contribution in [1.29, 1.82) is 0 Å². The lowest BCUT2D eigenvalue weighted by molar-refractivity contribution is 0.0902. The van der Waals surface area contributed by atoms with Crippen molar-refractivity contribution in [3.05, 3.63) is 89.7 Å². The standard InChI is InChI=1S/C23H23N3O3/c1-3-28-15-18-17-11-7-8-12-19(17)29-21(18)23(27)25-20(16-9-5-4-6-10-16)22-24-13-14-26(22)2/h4-14,20H,3,15H2,1-2H3,(H,25,27)/t20-/m0/s1. The molecule has 0 saturated carbocycles. The number of nitrogens with zero attached hydrogens (tertiary/aromatic N) is 2. The molecule has 0 bridgehead atoms. The molecule has 0 radical (unpaired) electrons. The number of ether oxygens (including phenoxy) is 1. The average molecular weight is 389 g/mol. The number of hydrogen-bond acceptors (Lipinski definition) is 4. The number of aryl methyl sites for hydroxylation is 1. The van der Waals surface area contributed by atoms with Gasteiger partial charge in [-0.05, 0) is 18.6 Å². The molecule has 29 heavy (non-hydrogen) atoms. The van der Waals surface area contributed by atoms with E-state index in [1.807, 2.05) is 79.3 Å². The number of rotatable bonds is 7. The average Bonchev–Trinajstić information content (AvgIpc) is 3.34. The van der Waals surface area contributed by atoms with Gasteiger partial charge in [-0.3, -0.25) is 4.79 Å². The number of furan rings is 1. The Balaban J connectivity index is 1.72. The number of para-hydroxylation sites is 1. The second kappa shape index (κ2) is 8.32. The van der Waals surface area contributed by atoms with E-state index < -0.39 is 6.04 Å². The SMILES string of the molecule is CCOCc1c(C(=O)N[C@@H](c2ccccc2)c2nccn2C)oc2ccccc12. The number of carbonyl (C=O) groups is 1. The van der Waals surface area contributed by atoms with Crippen molar-refractivity contribution >= 4 is 16.9 Å². The summed E-state index contributed by atoms with van der Waals surface area (Å²) in [5.74, 6) is 0.717. The molecule has 2 aromatic heterocycles.